The van der Waals surface area contributed by atoms with E-state index >= 15 is 0 Å². The summed E-state index contributed by atoms with van der Waals surface area (Å²) in [5.41, 5.74) is 1.03. The van der Waals surface area contributed by atoms with E-state index in [1.165, 1.54) is 0 Å². The smallest absolute Gasteiger partial charge is 0.00953 e. The first-order valence-corrected chi connectivity index (χ1v) is 6.50. The monoisotopic (exact) mass is 225 g/mol. The van der Waals surface area contributed by atoms with Crippen LogP contribution in [0.5, 0.6) is 0 Å². The molecule has 97 valence electrons. The van der Waals surface area contributed by atoms with Gasteiger partial charge in [-0.3, -0.25) is 0 Å². The van der Waals surface area contributed by atoms with Gasteiger partial charge in [-0.25, -0.2) is 0 Å². The van der Waals surface area contributed by atoms with Crippen LogP contribution in [0.3, 0.4) is 0 Å². The lowest BCUT2D eigenvalue weighted by atomic mass is 9.41. The van der Waals surface area contributed by atoms with Crippen LogP contribution >= 0.6 is 0 Å². The van der Waals surface area contributed by atoms with E-state index in [1.54, 1.807) is 5.92 Å². The Morgan fingerprint density at radius 2 is 0.688 bits per heavy atom. The SMILES string of the molecule is C[C](C)C(C(C)(C)C)(C(C)(C)C)C(C)(C)C. The highest BCUT2D eigenvalue weighted by atomic mass is 14.6. The first-order valence-electron chi connectivity index (χ1n) is 6.50. The topological polar surface area (TPSA) is 0 Å². The fourth-order valence-corrected chi connectivity index (χ4v) is 5.62. The largest absolute Gasteiger partial charge is 0.0596 e. The number of hydrogen-bond donors (Lipinski definition) is 0. The molecule has 0 spiro atoms. The lowest BCUT2D eigenvalue weighted by molar-refractivity contribution is -0.106. The van der Waals surface area contributed by atoms with E-state index in [9.17, 15) is 0 Å². The van der Waals surface area contributed by atoms with E-state index in [0.29, 0.717) is 0 Å². The third kappa shape index (κ3) is 2.17. The Labute approximate surface area is 104 Å². The standard InChI is InChI=1S/C16H33/c1-12(2)16(13(3,4)5,14(6,7)8)15(9,10)11/h1-11H3. The molecule has 0 amide bonds. The maximum absolute atomic E-state index is 2.39. The second kappa shape index (κ2) is 4.03. The normalized spacial score (nSPS) is 15.8. The van der Waals surface area contributed by atoms with Crippen LogP contribution in [0.4, 0.5) is 0 Å². The molecule has 0 heterocycles. The van der Waals surface area contributed by atoms with Crippen molar-refractivity contribution in [3.8, 4) is 0 Å². The molecule has 0 atom stereocenters. The van der Waals surface area contributed by atoms with E-state index in [-0.39, 0.29) is 21.7 Å². The molecule has 0 rings (SSSR count). The van der Waals surface area contributed by atoms with E-state index in [1.807, 2.05) is 0 Å². The second-order valence-corrected chi connectivity index (χ2v) is 8.50. The molecule has 0 bridgehead atoms. The van der Waals surface area contributed by atoms with Crippen LogP contribution in [0.1, 0.15) is 76.2 Å². The molecule has 0 N–H and O–H groups in total. The fourth-order valence-electron chi connectivity index (χ4n) is 5.62. The first-order chi connectivity index (χ1) is 6.69. The fraction of sp³-hybridized carbons (Fsp3) is 0.938. The van der Waals surface area contributed by atoms with Crippen LogP contribution in [0, 0.1) is 27.6 Å². The average Bonchev–Trinajstić information content (AvgIpc) is 1.71. The molecule has 0 saturated carbocycles. The van der Waals surface area contributed by atoms with Gasteiger partial charge in [0.1, 0.15) is 0 Å². The predicted molar refractivity (Wildman–Crippen MR) is 75.4 cm³/mol. The van der Waals surface area contributed by atoms with Gasteiger partial charge in [0.2, 0.25) is 0 Å². The van der Waals surface area contributed by atoms with Gasteiger partial charge in [-0.2, -0.15) is 0 Å². The van der Waals surface area contributed by atoms with Crippen molar-refractivity contribution in [1.82, 2.24) is 0 Å². The van der Waals surface area contributed by atoms with Gasteiger partial charge in [0, 0.05) is 0 Å². The quantitative estimate of drug-likeness (QED) is 0.535. The minimum atomic E-state index is 0.229. The van der Waals surface area contributed by atoms with Gasteiger partial charge >= 0.3 is 0 Å². The van der Waals surface area contributed by atoms with Crippen molar-refractivity contribution in [2.24, 2.45) is 21.7 Å². The summed E-state index contributed by atoms with van der Waals surface area (Å²) in [5, 5.41) is 0. The summed E-state index contributed by atoms with van der Waals surface area (Å²) < 4.78 is 0. The molecule has 0 aliphatic heterocycles. The van der Waals surface area contributed by atoms with Gasteiger partial charge in [-0.05, 0) is 27.6 Å². The molecule has 0 aromatic rings. The third-order valence-electron chi connectivity index (χ3n) is 4.12. The van der Waals surface area contributed by atoms with Crippen LogP contribution in [-0.4, -0.2) is 0 Å². The second-order valence-electron chi connectivity index (χ2n) is 8.50. The van der Waals surface area contributed by atoms with Gasteiger partial charge in [0.25, 0.3) is 0 Å². The molecule has 0 aromatic carbocycles. The molecule has 0 nitrogen and oxygen atoms in total. The van der Waals surface area contributed by atoms with Crippen molar-refractivity contribution >= 4 is 0 Å². The first kappa shape index (κ1) is 16.0. The Morgan fingerprint density at radius 3 is 0.688 bits per heavy atom. The number of hydrogen-bond acceptors (Lipinski definition) is 0. The van der Waals surface area contributed by atoms with Crippen LogP contribution in [0.25, 0.3) is 0 Å². The highest BCUT2D eigenvalue weighted by Crippen LogP contribution is 2.65. The summed E-state index contributed by atoms with van der Waals surface area (Å²) in [6.07, 6.45) is 0. The van der Waals surface area contributed by atoms with E-state index < -0.39 is 0 Å². The van der Waals surface area contributed by atoms with Crippen molar-refractivity contribution in [1.29, 1.82) is 0 Å². The van der Waals surface area contributed by atoms with E-state index in [4.69, 9.17) is 0 Å². The Morgan fingerprint density at radius 1 is 0.500 bits per heavy atom. The summed E-state index contributed by atoms with van der Waals surface area (Å²) in [5.74, 6) is 1.56. The van der Waals surface area contributed by atoms with E-state index in [2.05, 4.69) is 76.2 Å². The van der Waals surface area contributed by atoms with Crippen molar-refractivity contribution in [2.45, 2.75) is 76.2 Å². The van der Waals surface area contributed by atoms with Gasteiger partial charge in [0.15, 0.2) is 0 Å². The average molecular weight is 225 g/mol. The Balaban J connectivity index is 6.05. The summed E-state index contributed by atoms with van der Waals surface area (Å²) >= 11 is 0. The van der Waals surface area contributed by atoms with Crippen molar-refractivity contribution in [2.75, 3.05) is 0 Å². The maximum Gasteiger partial charge on any atom is -0.00953 e. The van der Waals surface area contributed by atoms with Crippen molar-refractivity contribution in [3.63, 3.8) is 0 Å². The molecule has 0 fully saturated rings. The lowest BCUT2D eigenvalue weighted by Crippen LogP contribution is -2.57. The van der Waals surface area contributed by atoms with E-state index in [0.717, 1.165) is 0 Å². The summed E-state index contributed by atoms with van der Waals surface area (Å²) in [6, 6.07) is 0. The minimum Gasteiger partial charge on any atom is -0.0596 e. The van der Waals surface area contributed by atoms with Crippen LogP contribution in [0.2, 0.25) is 0 Å². The van der Waals surface area contributed by atoms with Crippen molar-refractivity contribution in [3.05, 3.63) is 5.92 Å². The zero-order valence-corrected chi connectivity index (χ0v) is 13.5. The molecule has 0 aliphatic rings. The molecule has 0 saturated heterocycles. The van der Waals surface area contributed by atoms with Crippen LogP contribution in [0.15, 0.2) is 0 Å². The zero-order chi connectivity index (χ0) is 13.6. The molecular formula is C16H33. The Bertz CT molecular complexity index is 188. The maximum atomic E-state index is 2.39. The van der Waals surface area contributed by atoms with Crippen molar-refractivity contribution < 1.29 is 0 Å². The van der Waals surface area contributed by atoms with Gasteiger partial charge in [-0.1, -0.05) is 76.2 Å². The molecule has 0 aliphatic carbocycles. The summed E-state index contributed by atoms with van der Waals surface area (Å²) in [6.45, 7) is 26.1. The number of rotatable bonds is 1. The summed E-state index contributed by atoms with van der Waals surface area (Å²) in [7, 11) is 0. The highest BCUT2D eigenvalue weighted by Gasteiger charge is 2.58. The summed E-state index contributed by atoms with van der Waals surface area (Å²) in [4.78, 5) is 0. The van der Waals surface area contributed by atoms with Gasteiger partial charge in [0.05, 0.1) is 0 Å². The van der Waals surface area contributed by atoms with Crippen LogP contribution in [-0.2, 0) is 0 Å². The molecule has 16 heavy (non-hydrogen) atoms. The third-order valence-corrected chi connectivity index (χ3v) is 4.12. The lowest BCUT2D eigenvalue weighted by Gasteiger charge is -2.63. The molecule has 1 radical (unpaired) electrons. The Kier molecular flexibility index (Phi) is 4.03. The molecule has 0 heteroatoms. The minimum absolute atomic E-state index is 0.229. The molecule has 0 unspecified atom stereocenters. The highest BCUT2D eigenvalue weighted by molar-refractivity contribution is 5.17. The Hall–Kier alpha value is 0. The van der Waals surface area contributed by atoms with Crippen LogP contribution < -0.4 is 0 Å². The predicted octanol–water partition coefficient (Wildman–Crippen LogP) is 5.73. The molecular weight excluding hydrogens is 192 g/mol. The van der Waals surface area contributed by atoms with Gasteiger partial charge in [-0.15, -0.1) is 0 Å². The molecule has 0 aromatic heterocycles. The zero-order valence-electron chi connectivity index (χ0n) is 13.5. The van der Waals surface area contributed by atoms with Gasteiger partial charge < -0.3 is 0 Å².